The molecule has 0 heterocycles. The number of aromatic hydroxyl groups is 1. The molecule has 0 saturated heterocycles. The summed E-state index contributed by atoms with van der Waals surface area (Å²) in [6, 6.07) is 5.21. The SMILES string of the molecule is COc1cc(CC[C@H](C[C@H](CC2CCCCC2)OC(C)=O)OC(C)=O)ccc1O. The Kier molecular flexibility index (Phi) is 9.29. The summed E-state index contributed by atoms with van der Waals surface area (Å²) in [6.45, 7) is 2.83. The first-order valence-corrected chi connectivity index (χ1v) is 10.6. The second kappa shape index (κ2) is 11.7. The molecule has 0 bridgehead atoms. The molecule has 0 amide bonds. The molecule has 1 saturated carbocycles. The van der Waals surface area contributed by atoms with E-state index in [2.05, 4.69) is 0 Å². The van der Waals surface area contributed by atoms with Crippen LogP contribution in [0, 0.1) is 5.92 Å². The van der Waals surface area contributed by atoms with Gasteiger partial charge >= 0.3 is 11.9 Å². The van der Waals surface area contributed by atoms with Crippen LogP contribution in [0.4, 0.5) is 0 Å². The predicted octanol–water partition coefficient (Wildman–Crippen LogP) is 4.56. The van der Waals surface area contributed by atoms with Gasteiger partial charge in [0.2, 0.25) is 0 Å². The number of phenolic OH excluding ortho intramolecular Hbond substituents is 1. The van der Waals surface area contributed by atoms with Gasteiger partial charge < -0.3 is 19.3 Å². The standard InChI is InChI=1S/C23H34O6/c1-16(24)28-20(11-9-19-10-12-22(26)23(14-19)27-3)15-21(29-17(2)25)13-18-7-5-4-6-8-18/h10,12,14,18,20-21,26H,4-9,11,13,15H2,1-3H3/t20-,21+/m1/s1. The Labute approximate surface area is 173 Å². The van der Waals surface area contributed by atoms with Crippen LogP contribution in [0.15, 0.2) is 18.2 Å². The number of esters is 2. The van der Waals surface area contributed by atoms with Gasteiger partial charge in [0.15, 0.2) is 11.5 Å². The monoisotopic (exact) mass is 406 g/mol. The van der Waals surface area contributed by atoms with Crippen LogP contribution < -0.4 is 4.74 Å². The van der Waals surface area contributed by atoms with E-state index in [1.807, 2.05) is 6.07 Å². The number of phenols is 1. The molecule has 1 aromatic carbocycles. The molecule has 1 aliphatic rings. The van der Waals surface area contributed by atoms with E-state index in [0.717, 1.165) is 12.0 Å². The van der Waals surface area contributed by atoms with Crippen LogP contribution in [0.3, 0.4) is 0 Å². The zero-order valence-corrected chi connectivity index (χ0v) is 17.8. The van der Waals surface area contributed by atoms with E-state index in [9.17, 15) is 14.7 Å². The van der Waals surface area contributed by atoms with Gasteiger partial charge in [-0.1, -0.05) is 38.2 Å². The van der Waals surface area contributed by atoms with Gasteiger partial charge in [-0.3, -0.25) is 9.59 Å². The fraction of sp³-hybridized carbons (Fsp3) is 0.652. The predicted molar refractivity (Wildman–Crippen MR) is 110 cm³/mol. The van der Waals surface area contributed by atoms with E-state index in [0.29, 0.717) is 30.9 Å². The summed E-state index contributed by atoms with van der Waals surface area (Å²) >= 11 is 0. The van der Waals surface area contributed by atoms with Crippen LogP contribution in [-0.4, -0.2) is 36.4 Å². The lowest BCUT2D eigenvalue weighted by Gasteiger charge is -2.28. The van der Waals surface area contributed by atoms with Gasteiger partial charge in [-0.2, -0.15) is 0 Å². The molecule has 2 atom stereocenters. The lowest BCUT2D eigenvalue weighted by atomic mass is 9.84. The summed E-state index contributed by atoms with van der Waals surface area (Å²) in [6.07, 6.45) is 8.10. The topological polar surface area (TPSA) is 82.1 Å². The average molecular weight is 407 g/mol. The minimum Gasteiger partial charge on any atom is -0.504 e. The van der Waals surface area contributed by atoms with Crippen molar-refractivity contribution < 1.29 is 28.9 Å². The Morgan fingerprint density at radius 1 is 1.07 bits per heavy atom. The van der Waals surface area contributed by atoms with Gasteiger partial charge in [-0.05, 0) is 42.9 Å². The molecule has 0 unspecified atom stereocenters. The molecule has 1 aliphatic carbocycles. The Bertz CT molecular complexity index is 665. The fourth-order valence-corrected chi connectivity index (χ4v) is 4.18. The number of carbonyl (C=O) groups is 2. The molecular weight excluding hydrogens is 372 g/mol. The van der Waals surface area contributed by atoms with Crippen molar-refractivity contribution in [1.82, 2.24) is 0 Å². The highest BCUT2D eigenvalue weighted by atomic mass is 16.6. The molecule has 1 fully saturated rings. The van der Waals surface area contributed by atoms with E-state index >= 15 is 0 Å². The maximum absolute atomic E-state index is 11.6. The molecule has 0 aromatic heterocycles. The number of methoxy groups -OCH3 is 1. The number of rotatable bonds is 10. The highest BCUT2D eigenvalue weighted by Crippen LogP contribution is 2.31. The van der Waals surface area contributed by atoms with Crippen LogP contribution >= 0.6 is 0 Å². The molecule has 29 heavy (non-hydrogen) atoms. The number of ether oxygens (including phenoxy) is 3. The number of hydrogen-bond donors (Lipinski definition) is 1. The minimum atomic E-state index is -0.336. The minimum absolute atomic E-state index is 0.0928. The molecule has 0 radical (unpaired) electrons. The molecule has 0 aliphatic heterocycles. The zero-order chi connectivity index (χ0) is 21.2. The summed E-state index contributed by atoms with van der Waals surface area (Å²) in [5.41, 5.74) is 0.980. The average Bonchev–Trinajstić information content (AvgIpc) is 2.67. The van der Waals surface area contributed by atoms with Gasteiger partial charge in [0.25, 0.3) is 0 Å². The van der Waals surface area contributed by atoms with Gasteiger partial charge in [-0.15, -0.1) is 0 Å². The van der Waals surface area contributed by atoms with Gasteiger partial charge in [0.05, 0.1) is 7.11 Å². The smallest absolute Gasteiger partial charge is 0.302 e. The third-order valence-corrected chi connectivity index (χ3v) is 5.51. The van der Waals surface area contributed by atoms with Crippen molar-refractivity contribution in [3.05, 3.63) is 23.8 Å². The third-order valence-electron chi connectivity index (χ3n) is 5.51. The largest absolute Gasteiger partial charge is 0.504 e. The van der Waals surface area contributed by atoms with Crippen molar-refractivity contribution in [2.24, 2.45) is 5.92 Å². The van der Waals surface area contributed by atoms with Gasteiger partial charge in [0.1, 0.15) is 12.2 Å². The Hall–Kier alpha value is -2.24. The van der Waals surface area contributed by atoms with Crippen LogP contribution in [0.25, 0.3) is 0 Å². The summed E-state index contributed by atoms with van der Waals surface area (Å²) in [5.74, 6) is 0.442. The number of carbonyl (C=O) groups excluding carboxylic acids is 2. The molecule has 6 nitrogen and oxygen atoms in total. The number of aryl methyl sites for hydroxylation is 1. The summed E-state index contributed by atoms with van der Waals surface area (Å²) in [4.78, 5) is 23.2. The zero-order valence-electron chi connectivity index (χ0n) is 17.8. The quantitative estimate of drug-likeness (QED) is 0.574. The highest BCUT2D eigenvalue weighted by Gasteiger charge is 2.25. The van der Waals surface area contributed by atoms with Crippen molar-refractivity contribution in [1.29, 1.82) is 0 Å². The summed E-state index contributed by atoms with van der Waals surface area (Å²) in [5, 5.41) is 9.75. The molecule has 6 heteroatoms. The van der Waals surface area contributed by atoms with Crippen LogP contribution in [-0.2, 0) is 25.5 Å². The molecule has 0 spiro atoms. The van der Waals surface area contributed by atoms with Crippen LogP contribution in [0.2, 0.25) is 0 Å². The number of hydrogen-bond acceptors (Lipinski definition) is 6. The Morgan fingerprint density at radius 3 is 2.34 bits per heavy atom. The van der Waals surface area contributed by atoms with Gasteiger partial charge in [0, 0.05) is 20.3 Å². The first-order chi connectivity index (χ1) is 13.9. The summed E-state index contributed by atoms with van der Waals surface area (Å²) < 4.78 is 16.3. The van der Waals surface area contributed by atoms with Crippen molar-refractivity contribution in [3.63, 3.8) is 0 Å². The van der Waals surface area contributed by atoms with Crippen molar-refractivity contribution >= 4 is 11.9 Å². The summed E-state index contributed by atoms with van der Waals surface area (Å²) in [7, 11) is 1.51. The van der Waals surface area contributed by atoms with E-state index in [1.165, 1.54) is 53.1 Å². The lowest BCUT2D eigenvalue weighted by Crippen LogP contribution is -2.29. The Morgan fingerprint density at radius 2 is 1.72 bits per heavy atom. The highest BCUT2D eigenvalue weighted by molar-refractivity contribution is 5.66. The van der Waals surface area contributed by atoms with Crippen LogP contribution in [0.5, 0.6) is 11.5 Å². The first kappa shape index (κ1) is 23.0. The first-order valence-electron chi connectivity index (χ1n) is 10.6. The van der Waals surface area contributed by atoms with Crippen molar-refractivity contribution in [2.45, 2.75) is 83.8 Å². The van der Waals surface area contributed by atoms with Crippen LogP contribution in [0.1, 0.15) is 70.8 Å². The Balaban J connectivity index is 2.01. The second-order valence-corrected chi connectivity index (χ2v) is 7.98. The molecule has 1 N–H and O–H groups in total. The maximum atomic E-state index is 11.6. The van der Waals surface area contributed by atoms with Crippen molar-refractivity contribution in [3.8, 4) is 11.5 Å². The third kappa shape index (κ3) is 8.34. The second-order valence-electron chi connectivity index (χ2n) is 7.98. The number of benzene rings is 1. The normalized spacial score (nSPS) is 16.7. The fourth-order valence-electron chi connectivity index (χ4n) is 4.18. The van der Waals surface area contributed by atoms with E-state index in [4.69, 9.17) is 14.2 Å². The van der Waals surface area contributed by atoms with E-state index in [-0.39, 0.29) is 29.9 Å². The molecular formula is C23H34O6. The van der Waals surface area contributed by atoms with E-state index in [1.54, 1.807) is 12.1 Å². The van der Waals surface area contributed by atoms with Crippen molar-refractivity contribution in [2.75, 3.05) is 7.11 Å². The maximum Gasteiger partial charge on any atom is 0.302 e. The molecule has 2 rings (SSSR count). The molecule has 162 valence electrons. The lowest BCUT2D eigenvalue weighted by molar-refractivity contribution is -0.153. The van der Waals surface area contributed by atoms with E-state index < -0.39 is 0 Å². The van der Waals surface area contributed by atoms with Gasteiger partial charge in [-0.25, -0.2) is 0 Å². The molecule has 1 aromatic rings.